The van der Waals surface area contributed by atoms with E-state index in [-0.39, 0.29) is 18.1 Å². The number of hydrogen-bond acceptors (Lipinski definition) is 4. The first kappa shape index (κ1) is 14.5. The van der Waals surface area contributed by atoms with Crippen LogP contribution >= 0.6 is 0 Å². The topological polar surface area (TPSA) is 109 Å². The molecule has 8 heteroatoms. The van der Waals surface area contributed by atoms with Gasteiger partial charge in [-0.2, -0.15) is 5.10 Å². The molecule has 0 aliphatic heterocycles. The highest BCUT2D eigenvalue weighted by Crippen LogP contribution is 2.01. The first-order valence-corrected chi connectivity index (χ1v) is 6.23. The Hall–Kier alpha value is -2.90. The summed E-state index contributed by atoms with van der Waals surface area (Å²) in [5.74, 6) is -1.03. The molecule has 2 rings (SSSR count). The molecule has 2 aromatic heterocycles. The van der Waals surface area contributed by atoms with Crippen molar-refractivity contribution in [1.82, 2.24) is 25.4 Å². The predicted molar refractivity (Wildman–Crippen MR) is 73.5 cm³/mol. The van der Waals surface area contributed by atoms with Gasteiger partial charge in [-0.1, -0.05) is 0 Å². The monoisotopic (exact) mass is 289 g/mol. The van der Waals surface area contributed by atoms with Crippen molar-refractivity contribution < 1.29 is 14.7 Å². The zero-order chi connectivity index (χ0) is 15.2. The van der Waals surface area contributed by atoms with Crippen LogP contribution in [-0.4, -0.2) is 31.9 Å². The van der Waals surface area contributed by atoms with Crippen LogP contribution in [-0.2, 0) is 20.1 Å². The first-order valence-electron chi connectivity index (χ1n) is 6.23. The zero-order valence-corrected chi connectivity index (χ0v) is 11.4. The fourth-order valence-corrected chi connectivity index (χ4v) is 1.69. The molecule has 110 valence electrons. The largest absolute Gasteiger partial charge is 0.478 e. The predicted octanol–water partition coefficient (Wildman–Crippen LogP) is 0.513. The number of hydrogen-bond donors (Lipinski definition) is 3. The van der Waals surface area contributed by atoms with Crippen LogP contribution in [0, 0.1) is 0 Å². The highest BCUT2D eigenvalue weighted by molar-refractivity contribution is 5.87. The molecule has 0 spiro atoms. The van der Waals surface area contributed by atoms with Gasteiger partial charge in [0.15, 0.2) is 0 Å². The van der Waals surface area contributed by atoms with Crippen LogP contribution in [0.4, 0.5) is 4.79 Å². The lowest BCUT2D eigenvalue weighted by atomic mass is 10.2. The molecule has 0 fully saturated rings. The molecule has 0 radical (unpaired) electrons. The average molecular weight is 289 g/mol. The molecule has 0 atom stereocenters. The minimum atomic E-state index is -1.03. The average Bonchev–Trinajstić information content (AvgIpc) is 2.88. The van der Waals surface area contributed by atoms with Gasteiger partial charge < -0.3 is 15.7 Å². The van der Waals surface area contributed by atoms with Crippen LogP contribution in [0.1, 0.15) is 21.7 Å². The molecule has 2 aromatic rings. The summed E-state index contributed by atoms with van der Waals surface area (Å²) in [5.41, 5.74) is 1.49. The number of aromatic carboxylic acids is 1. The van der Waals surface area contributed by atoms with Crippen LogP contribution in [0.5, 0.6) is 0 Å². The molecule has 0 bridgehead atoms. The fraction of sp³-hybridized carbons (Fsp3) is 0.231. The summed E-state index contributed by atoms with van der Waals surface area (Å²) in [6.07, 6.45) is 3.05. The molecule has 2 heterocycles. The van der Waals surface area contributed by atoms with E-state index in [4.69, 9.17) is 5.11 Å². The molecule has 0 saturated carbocycles. The van der Waals surface area contributed by atoms with Crippen molar-refractivity contribution >= 4 is 12.0 Å². The van der Waals surface area contributed by atoms with E-state index in [2.05, 4.69) is 20.7 Å². The molecular weight excluding hydrogens is 274 g/mol. The summed E-state index contributed by atoms with van der Waals surface area (Å²) < 4.78 is 1.66. The number of aryl methyl sites for hydroxylation is 1. The Bertz CT molecular complexity index is 653. The summed E-state index contributed by atoms with van der Waals surface area (Å²) in [5, 5.41) is 18.2. The van der Waals surface area contributed by atoms with Gasteiger partial charge in [0.25, 0.3) is 0 Å². The molecule has 2 amide bonds. The van der Waals surface area contributed by atoms with E-state index >= 15 is 0 Å². The van der Waals surface area contributed by atoms with Gasteiger partial charge in [-0.15, -0.1) is 0 Å². The number of carbonyl (C=O) groups excluding carboxylic acids is 1. The third-order valence-corrected chi connectivity index (χ3v) is 2.85. The second-order valence-electron chi connectivity index (χ2n) is 4.32. The number of rotatable bonds is 5. The molecule has 0 unspecified atom stereocenters. The molecule has 21 heavy (non-hydrogen) atoms. The molecular formula is C13H15N5O3. The van der Waals surface area contributed by atoms with Crippen LogP contribution < -0.4 is 10.6 Å². The fourth-order valence-electron chi connectivity index (χ4n) is 1.69. The van der Waals surface area contributed by atoms with Gasteiger partial charge in [-0.05, 0) is 18.2 Å². The minimum absolute atomic E-state index is 0.136. The van der Waals surface area contributed by atoms with Gasteiger partial charge in [0.05, 0.1) is 30.0 Å². The van der Waals surface area contributed by atoms with Crippen molar-refractivity contribution in [3.05, 3.63) is 47.5 Å². The Morgan fingerprint density at radius 3 is 2.67 bits per heavy atom. The van der Waals surface area contributed by atoms with Crippen molar-refractivity contribution in [2.75, 3.05) is 0 Å². The maximum Gasteiger partial charge on any atom is 0.335 e. The number of carboxylic acids is 1. The van der Waals surface area contributed by atoms with E-state index in [1.807, 2.05) is 0 Å². The molecule has 0 saturated heterocycles. The van der Waals surface area contributed by atoms with Crippen molar-refractivity contribution in [2.45, 2.75) is 13.1 Å². The first-order chi connectivity index (χ1) is 10.1. The van der Waals surface area contributed by atoms with E-state index in [1.165, 1.54) is 18.3 Å². The van der Waals surface area contributed by atoms with Crippen LogP contribution in [0.3, 0.4) is 0 Å². The van der Waals surface area contributed by atoms with Gasteiger partial charge in [-0.3, -0.25) is 9.67 Å². The lowest BCUT2D eigenvalue weighted by molar-refractivity contribution is 0.0696. The normalized spacial score (nSPS) is 10.1. The number of carboxylic acid groups (broad SMARTS) is 1. The lowest BCUT2D eigenvalue weighted by Gasteiger charge is -2.08. The van der Waals surface area contributed by atoms with Crippen molar-refractivity contribution in [3.8, 4) is 0 Å². The van der Waals surface area contributed by atoms with Crippen LogP contribution in [0.25, 0.3) is 0 Å². The maximum atomic E-state index is 11.6. The summed E-state index contributed by atoms with van der Waals surface area (Å²) >= 11 is 0. The van der Waals surface area contributed by atoms with Crippen molar-refractivity contribution in [2.24, 2.45) is 7.05 Å². The summed E-state index contributed by atoms with van der Waals surface area (Å²) in [7, 11) is 1.79. The van der Waals surface area contributed by atoms with Crippen LogP contribution in [0.2, 0.25) is 0 Å². The standard InChI is InChI=1S/C13H15N5O3/c1-18-11(3-5-17-18)8-16-13(21)15-7-10-6-9(12(19)20)2-4-14-10/h2-6H,7-8H2,1H3,(H,19,20)(H2,15,16,21). The van der Waals surface area contributed by atoms with Gasteiger partial charge in [0.1, 0.15) is 0 Å². The second kappa shape index (κ2) is 6.51. The SMILES string of the molecule is Cn1nccc1CNC(=O)NCc1cc(C(=O)O)ccn1. The number of aromatic nitrogens is 3. The second-order valence-corrected chi connectivity index (χ2v) is 4.32. The number of nitrogens with zero attached hydrogens (tertiary/aromatic N) is 3. The number of pyridine rings is 1. The van der Waals surface area contributed by atoms with Crippen molar-refractivity contribution in [3.63, 3.8) is 0 Å². The number of carbonyl (C=O) groups is 2. The molecule has 0 aliphatic carbocycles. The van der Waals surface area contributed by atoms with Gasteiger partial charge >= 0.3 is 12.0 Å². The lowest BCUT2D eigenvalue weighted by Crippen LogP contribution is -2.35. The molecule has 0 aliphatic rings. The Morgan fingerprint density at radius 1 is 1.24 bits per heavy atom. The minimum Gasteiger partial charge on any atom is -0.478 e. The summed E-state index contributed by atoms with van der Waals surface area (Å²) in [6.45, 7) is 0.503. The quantitative estimate of drug-likeness (QED) is 0.743. The van der Waals surface area contributed by atoms with Gasteiger partial charge in [0.2, 0.25) is 0 Å². The summed E-state index contributed by atoms with van der Waals surface area (Å²) in [6, 6.07) is 4.26. The van der Waals surface area contributed by atoms with E-state index in [0.29, 0.717) is 12.2 Å². The van der Waals surface area contributed by atoms with E-state index in [1.54, 1.807) is 24.0 Å². The van der Waals surface area contributed by atoms with Crippen molar-refractivity contribution in [1.29, 1.82) is 0 Å². The Balaban J connectivity index is 1.82. The Labute approximate surface area is 120 Å². The molecule has 0 aromatic carbocycles. The third kappa shape index (κ3) is 4.03. The van der Waals surface area contributed by atoms with E-state index < -0.39 is 5.97 Å². The third-order valence-electron chi connectivity index (χ3n) is 2.85. The highest BCUT2D eigenvalue weighted by Gasteiger charge is 2.06. The van der Waals surface area contributed by atoms with Gasteiger partial charge in [0, 0.05) is 19.4 Å². The Kier molecular flexibility index (Phi) is 4.50. The van der Waals surface area contributed by atoms with Crippen LogP contribution in [0.15, 0.2) is 30.6 Å². The summed E-state index contributed by atoms with van der Waals surface area (Å²) in [4.78, 5) is 26.5. The number of urea groups is 1. The number of amides is 2. The Morgan fingerprint density at radius 2 is 2.00 bits per heavy atom. The van der Waals surface area contributed by atoms with E-state index in [9.17, 15) is 9.59 Å². The molecule has 8 nitrogen and oxygen atoms in total. The smallest absolute Gasteiger partial charge is 0.335 e. The number of nitrogens with one attached hydrogen (secondary N) is 2. The van der Waals surface area contributed by atoms with E-state index in [0.717, 1.165) is 5.69 Å². The maximum absolute atomic E-state index is 11.6. The highest BCUT2D eigenvalue weighted by atomic mass is 16.4. The molecule has 3 N–H and O–H groups in total. The zero-order valence-electron chi connectivity index (χ0n) is 11.4. The van der Waals surface area contributed by atoms with Gasteiger partial charge in [-0.25, -0.2) is 9.59 Å².